The molecule has 2 unspecified atom stereocenters. The van der Waals surface area contributed by atoms with Crippen molar-refractivity contribution < 1.29 is 23.9 Å². The van der Waals surface area contributed by atoms with E-state index in [0.717, 1.165) is 23.9 Å². The lowest BCUT2D eigenvalue weighted by Crippen LogP contribution is -2.29. The fraction of sp³-hybridized carbons (Fsp3) is 0.395. The molecule has 49 heavy (non-hydrogen) atoms. The van der Waals surface area contributed by atoms with Crippen LogP contribution >= 0.6 is 23.2 Å². The fourth-order valence-electron chi connectivity index (χ4n) is 5.72. The molecule has 0 bridgehead atoms. The van der Waals surface area contributed by atoms with Crippen LogP contribution in [0.2, 0.25) is 0 Å². The maximum absolute atomic E-state index is 14.6. The third kappa shape index (κ3) is 8.52. The molecular weight excluding hydrogens is 666 g/mol. The largest absolute Gasteiger partial charge is 0.505 e. The van der Waals surface area contributed by atoms with Gasteiger partial charge in [-0.05, 0) is 80.0 Å². The molecule has 0 radical (unpaired) electrons. The zero-order chi connectivity index (χ0) is 35.2. The molecule has 2 heterocycles. The van der Waals surface area contributed by atoms with Crippen LogP contribution in [0.5, 0.6) is 5.75 Å². The van der Waals surface area contributed by atoms with Crippen LogP contribution in [0, 0.1) is 12.7 Å². The Morgan fingerprint density at radius 2 is 1.86 bits per heavy atom. The summed E-state index contributed by atoms with van der Waals surface area (Å²) in [6.07, 6.45) is 7.80. The fourth-order valence-corrected chi connectivity index (χ4v) is 6.19. The minimum atomic E-state index is -0.615. The highest BCUT2D eigenvalue weighted by atomic mass is 35.5. The Hall–Kier alpha value is -3.76. The Morgan fingerprint density at radius 1 is 1.10 bits per heavy atom. The second kappa shape index (κ2) is 16.3. The van der Waals surface area contributed by atoms with E-state index in [4.69, 9.17) is 32.6 Å². The van der Waals surface area contributed by atoms with E-state index in [-0.39, 0.29) is 36.4 Å². The molecule has 0 aliphatic heterocycles. The molecule has 1 amide bonds. The van der Waals surface area contributed by atoms with E-state index in [2.05, 4.69) is 29.6 Å². The second-order valence-electron chi connectivity index (χ2n) is 12.8. The van der Waals surface area contributed by atoms with Gasteiger partial charge in [0.15, 0.2) is 11.5 Å². The van der Waals surface area contributed by atoms with Gasteiger partial charge in [0.25, 0.3) is 5.91 Å². The Balaban J connectivity index is 0.00000111. The van der Waals surface area contributed by atoms with E-state index in [0.29, 0.717) is 68.3 Å². The number of oxazole rings is 1. The van der Waals surface area contributed by atoms with E-state index in [1.165, 1.54) is 25.0 Å². The summed E-state index contributed by atoms with van der Waals surface area (Å²) >= 11 is 13.0. The lowest BCUT2D eigenvalue weighted by molar-refractivity contribution is 0.0952. The summed E-state index contributed by atoms with van der Waals surface area (Å²) in [4.78, 5) is 23.0. The predicted octanol–water partition coefficient (Wildman–Crippen LogP) is 9.57. The topological polar surface area (TPSA) is 121 Å². The van der Waals surface area contributed by atoms with Crippen LogP contribution in [0.1, 0.15) is 121 Å². The molecular formula is C38H43Cl2FN4O4. The summed E-state index contributed by atoms with van der Waals surface area (Å²) in [6, 6.07) is 11.3. The number of halogens is 3. The van der Waals surface area contributed by atoms with E-state index < -0.39 is 11.7 Å². The first-order valence-electron chi connectivity index (χ1n) is 16.9. The van der Waals surface area contributed by atoms with Crippen molar-refractivity contribution in [2.75, 3.05) is 13.1 Å². The van der Waals surface area contributed by atoms with Crippen molar-refractivity contribution in [3.8, 4) is 5.75 Å². The van der Waals surface area contributed by atoms with Gasteiger partial charge in [-0.1, -0.05) is 75.0 Å². The molecule has 4 N–H and O–H groups in total. The molecule has 0 saturated heterocycles. The smallest absolute Gasteiger partial charge is 0.251 e. The average Bonchev–Trinajstić information content (AvgIpc) is 3.85. The highest BCUT2D eigenvalue weighted by Crippen LogP contribution is 2.43. The summed E-state index contributed by atoms with van der Waals surface area (Å²) in [5.74, 6) is -0.788. The number of amides is 1. The van der Waals surface area contributed by atoms with Gasteiger partial charge in [-0.15, -0.1) is 0 Å². The number of aromatic nitrogens is 2. The number of carbonyl (C=O) groups excluding carboxylic acids is 1. The van der Waals surface area contributed by atoms with E-state index in [9.17, 15) is 19.5 Å². The molecule has 2 aliphatic rings. The van der Waals surface area contributed by atoms with Crippen molar-refractivity contribution in [3.05, 3.63) is 104 Å². The van der Waals surface area contributed by atoms with Crippen molar-refractivity contribution in [2.45, 2.75) is 84.0 Å². The molecule has 1 saturated carbocycles. The third-order valence-electron chi connectivity index (χ3n) is 8.88. The lowest BCUT2D eigenvalue weighted by atomic mass is 9.89. The van der Waals surface area contributed by atoms with Crippen LogP contribution in [-0.4, -0.2) is 39.3 Å². The minimum Gasteiger partial charge on any atom is -0.505 e. The number of nitrogens with zero attached hydrogens (tertiary/aromatic N) is 2. The standard InChI is InChI=1S/C34H33Cl2FN4O4.C4H10/c1-17-11-21(13-28-30(17)41-34(45-28)19-9-10-19)33(43)38-16-25(20-5-3-6-22(37)12-20)27-14-24(18(2)15-39-44)32(42)31(40-27)23-7-4-8-26(35)29(23)36;1-3-4-2/h3,5-7,11-14,18-19,25,39,42,44H,4,8-10,15-16H2,1-2H3,(H,38,43);3-4H2,1-2H3. The number of carbonyl (C=O) groups is 1. The highest BCUT2D eigenvalue weighted by Gasteiger charge is 2.30. The third-order valence-corrected chi connectivity index (χ3v) is 9.78. The molecule has 260 valence electrons. The maximum atomic E-state index is 14.6. The highest BCUT2D eigenvalue weighted by molar-refractivity contribution is 6.44. The Kier molecular flexibility index (Phi) is 12.1. The first-order valence-corrected chi connectivity index (χ1v) is 17.6. The molecule has 11 heteroatoms. The van der Waals surface area contributed by atoms with E-state index >= 15 is 0 Å². The molecule has 8 nitrogen and oxygen atoms in total. The molecule has 2 atom stereocenters. The zero-order valence-electron chi connectivity index (χ0n) is 28.2. The van der Waals surface area contributed by atoms with E-state index in [1.54, 1.807) is 30.3 Å². The van der Waals surface area contributed by atoms with Crippen molar-refractivity contribution in [1.82, 2.24) is 20.8 Å². The number of nitrogens with one attached hydrogen (secondary N) is 2. The molecule has 2 aromatic carbocycles. The molecule has 6 rings (SSSR count). The number of unbranched alkanes of at least 4 members (excludes halogenated alkanes) is 1. The summed E-state index contributed by atoms with van der Waals surface area (Å²) in [5.41, 5.74) is 6.97. The zero-order valence-corrected chi connectivity index (χ0v) is 29.8. The number of pyridine rings is 1. The summed E-state index contributed by atoms with van der Waals surface area (Å²) in [5, 5.41) is 24.6. The van der Waals surface area contributed by atoms with Gasteiger partial charge >= 0.3 is 0 Å². The number of rotatable bonds is 11. The van der Waals surface area contributed by atoms with Crippen LogP contribution in [0.3, 0.4) is 0 Å². The number of aryl methyl sites for hydroxylation is 1. The van der Waals surface area contributed by atoms with Crippen molar-refractivity contribution in [3.63, 3.8) is 0 Å². The van der Waals surface area contributed by atoms with Gasteiger partial charge in [-0.25, -0.2) is 19.8 Å². The Labute approximate surface area is 296 Å². The van der Waals surface area contributed by atoms with Crippen molar-refractivity contribution in [2.24, 2.45) is 0 Å². The quantitative estimate of drug-likeness (QED) is 0.115. The van der Waals surface area contributed by atoms with Gasteiger partial charge in [0.2, 0.25) is 0 Å². The van der Waals surface area contributed by atoms with Crippen molar-refractivity contribution in [1.29, 1.82) is 0 Å². The van der Waals surface area contributed by atoms with Crippen LogP contribution in [0.25, 0.3) is 16.7 Å². The van der Waals surface area contributed by atoms with E-state index in [1.807, 2.05) is 19.9 Å². The SMILES string of the molecule is CCCC.Cc1cc(C(=O)NCC(c2cccc(F)c2)c2cc(C(C)CNO)c(O)c(C3=CCCC(Cl)=C3Cl)n2)cc2oc(C3CC3)nc12. The number of fused-ring (bicyclic) bond motifs is 1. The van der Waals surface area contributed by atoms with Gasteiger partial charge in [0, 0.05) is 46.7 Å². The van der Waals surface area contributed by atoms with Gasteiger partial charge in [-0.3, -0.25) is 4.79 Å². The maximum Gasteiger partial charge on any atom is 0.251 e. The number of allylic oxidation sites excluding steroid dienone is 4. The van der Waals surface area contributed by atoms with Crippen LogP contribution in [0.15, 0.2) is 63.0 Å². The monoisotopic (exact) mass is 708 g/mol. The van der Waals surface area contributed by atoms with Crippen LogP contribution < -0.4 is 10.8 Å². The number of hydroxylamine groups is 1. The van der Waals surface area contributed by atoms with Gasteiger partial charge < -0.3 is 20.0 Å². The summed E-state index contributed by atoms with van der Waals surface area (Å²) in [6.45, 7) is 8.30. The molecule has 1 fully saturated rings. The Bertz CT molecular complexity index is 1880. The summed E-state index contributed by atoms with van der Waals surface area (Å²) in [7, 11) is 0. The minimum absolute atomic E-state index is 0.0652. The second-order valence-corrected chi connectivity index (χ2v) is 13.6. The molecule has 4 aromatic rings. The first-order chi connectivity index (χ1) is 23.6. The first kappa shape index (κ1) is 36.5. The molecule has 0 spiro atoms. The lowest BCUT2D eigenvalue weighted by Gasteiger charge is -2.24. The number of aromatic hydroxyl groups is 1. The average molecular weight is 710 g/mol. The normalized spacial score (nSPS) is 15.8. The van der Waals surface area contributed by atoms with Gasteiger partial charge in [-0.2, -0.15) is 0 Å². The van der Waals surface area contributed by atoms with Gasteiger partial charge in [0.1, 0.15) is 22.8 Å². The number of hydrogen-bond donors (Lipinski definition) is 4. The number of benzene rings is 2. The predicted molar refractivity (Wildman–Crippen MR) is 192 cm³/mol. The van der Waals surface area contributed by atoms with Crippen molar-refractivity contribution >= 4 is 45.8 Å². The van der Waals surface area contributed by atoms with Crippen LogP contribution in [0.4, 0.5) is 4.39 Å². The Morgan fingerprint density at radius 3 is 2.53 bits per heavy atom. The number of hydrogen-bond acceptors (Lipinski definition) is 7. The molecule has 2 aromatic heterocycles. The molecule has 2 aliphatic carbocycles. The van der Waals surface area contributed by atoms with Crippen LogP contribution in [-0.2, 0) is 0 Å². The summed E-state index contributed by atoms with van der Waals surface area (Å²) < 4.78 is 20.5. The van der Waals surface area contributed by atoms with Gasteiger partial charge in [0.05, 0.1) is 10.7 Å².